The average molecular weight is 332 g/mol. The third-order valence-electron chi connectivity index (χ3n) is 3.06. The minimum absolute atomic E-state index is 0.0978. The van der Waals surface area contributed by atoms with Crippen LogP contribution in [0, 0.1) is 11.3 Å². The van der Waals surface area contributed by atoms with Crippen molar-refractivity contribution in [1.29, 1.82) is 5.26 Å². The monoisotopic (exact) mass is 331 g/mol. The average Bonchev–Trinajstić information content (AvgIpc) is 2.76. The SMILES string of the molecule is CN(Cc1cc(Br)cn1C)C(=O)c1cccc(C#N)c1. The van der Waals surface area contributed by atoms with E-state index in [9.17, 15) is 4.79 Å². The molecule has 0 bridgehead atoms. The minimum atomic E-state index is -0.0978. The van der Waals surface area contributed by atoms with Crippen LogP contribution in [0.2, 0.25) is 0 Å². The molecular formula is C15H14BrN3O. The van der Waals surface area contributed by atoms with E-state index in [0.717, 1.165) is 10.2 Å². The fourth-order valence-electron chi connectivity index (χ4n) is 1.98. The van der Waals surface area contributed by atoms with Gasteiger partial charge in [-0.2, -0.15) is 5.26 Å². The van der Waals surface area contributed by atoms with Crippen LogP contribution in [-0.4, -0.2) is 22.4 Å². The summed E-state index contributed by atoms with van der Waals surface area (Å²) in [6.45, 7) is 0.512. The molecule has 1 heterocycles. The van der Waals surface area contributed by atoms with E-state index in [1.807, 2.05) is 29.9 Å². The molecule has 2 rings (SSSR count). The number of carbonyl (C=O) groups excluding carboxylic acids is 1. The first-order valence-corrected chi connectivity index (χ1v) is 6.87. The number of benzene rings is 1. The molecule has 0 unspecified atom stereocenters. The lowest BCUT2D eigenvalue weighted by Crippen LogP contribution is -2.27. The van der Waals surface area contributed by atoms with Gasteiger partial charge in [-0.15, -0.1) is 0 Å². The third-order valence-corrected chi connectivity index (χ3v) is 3.49. The van der Waals surface area contributed by atoms with Gasteiger partial charge in [-0.05, 0) is 40.2 Å². The standard InChI is InChI=1S/C15H14BrN3O/c1-18-9-13(16)7-14(18)10-19(2)15(20)12-5-3-4-11(6-12)8-17/h3-7,9H,10H2,1-2H3. The molecule has 0 fully saturated rings. The van der Waals surface area contributed by atoms with Crippen LogP contribution in [0.4, 0.5) is 0 Å². The van der Waals surface area contributed by atoms with Gasteiger partial charge in [-0.3, -0.25) is 4.79 Å². The van der Waals surface area contributed by atoms with Crippen LogP contribution >= 0.6 is 15.9 Å². The molecular weight excluding hydrogens is 318 g/mol. The van der Waals surface area contributed by atoms with Crippen LogP contribution < -0.4 is 0 Å². The van der Waals surface area contributed by atoms with Gasteiger partial charge in [0, 0.05) is 36.0 Å². The van der Waals surface area contributed by atoms with Gasteiger partial charge >= 0.3 is 0 Å². The molecule has 4 nitrogen and oxygen atoms in total. The minimum Gasteiger partial charge on any atom is -0.352 e. The van der Waals surface area contributed by atoms with Crippen LogP contribution in [0.3, 0.4) is 0 Å². The first-order chi connectivity index (χ1) is 9.51. The number of amides is 1. The molecule has 1 aromatic heterocycles. The quantitative estimate of drug-likeness (QED) is 0.868. The Hall–Kier alpha value is -2.06. The lowest BCUT2D eigenvalue weighted by molar-refractivity contribution is 0.0782. The molecule has 0 N–H and O–H groups in total. The van der Waals surface area contributed by atoms with Gasteiger partial charge in [-0.25, -0.2) is 0 Å². The molecule has 2 aromatic rings. The second kappa shape index (κ2) is 5.93. The molecule has 0 aliphatic carbocycles. The van der Waals surface area contributed by atoms with Gasteiger partial charge in [0.15, 0.2) is 0 Å². The number of carbonyl (C=O) groups is 1. The first kappa shape index (κ1) is 14.4. The highest BCUT2D eigenvalue weighted by Crippen LogP contribution is 2.16. The molecule has 0 aliphatic rings. The summed E-state index contributed by atoms with van der Waals surface area (Å²) in [5, 5.41) is 8.87. The summed E-state index contributed by atoms with van der Waals surface area (Å²) in [4.78, 5) is 14.0. The van der Waals surface area contributed by atoms with Crippen LogP contribution in [0.15, 0.2) is 41.0 Å². The molecule has 1 aromatic carbocycles. The Morgan fingerprint density at radius 1 is 1.45 bits per heavy atom. The highest BCUT2D eigenvalue weighted by Gasteiger charge is 2.14. The normalized spacial score (nSPS) is 10.1. The van der Waals surface area contributed by atoms with E-state index in [4.69, 9.17) is 5.26 Å². The molecule has 20 heavy (non-hydrogen) atoms. The maximum absolute atomic E-state index is 12.3. The van der Waals surface area contributed by atoms with E-state index in [0.29, 0.717) is 17.7 Å². The van der Waals surface area contributed by atoms with Gasteiger partial charge in [-0.1, -0.05) is 6.07 Å². The van der Waals surface area contributed by atoms with E-state index in [1.54, 1.807) is 36.2 Å². The van der Waals surface area contributed by atoms with Crippen LogP contribution in [0.5, 0.6) is 0 Å². The predicted octanol–water partition coefficient (Wildman–Crippen LogP) is 2.93. The van der Waals surface area contributed by atoms with E-state index >= 15 is 0 Å². The summed E-state index contributed by atoms with van der Waals surface area (Å²) in [5.41, 5.74) is 2.05. The molecule has 0 spiro atoms. The van der Waals surface area contributed by atoms with Crippen molar-refractivity contribution in [2.45, 2.75) is 6.54 Å². The molecule has 0 saturated heterocycles. The topological polar surface area (TPSA) is 49.0 Å². The molecule has 5 heteroatoms. The zero-order valence-electron chi connectivity index (χ0n) is 11.3. The fraction of sp³-hybridized carbons (Fsp3) is 0.200. The van der Waals surface area contributed by atoms with Gasteiger partial charge in [0.2, 0.25) is 0 Å². The summed E-state index contributed by atoms with van der Waals surface area (Å²) in [6, 6.07) is 10.8. The highest BCUT2D eigenvalue weighted by molar-refractivity contribution is 9.10. The maximum Gasteiger partial charge on any atom is 0.253 e. The summed E-state index contributed by atoms with van der Waals surface area (Å²) in [5.74, 6) is -0.0978. The van der Waals surface area contributed by atoms with Crippen LogP contribution in [0.1, 0.15) is 21.6 Å². The van der Waals surface area contributed by atoms with Crippen LogP contribution in [-0.2, 0) is 13.6 Å². The van der Waals surface area contributed by atoms with Gasteiger partial charge in [0.05, 0.1) is 18.2 Å². The summed E-state index contributed by atoms with van der Waals surface area (Å²) < 4.78 is 2.96. The molecule has 0 radical (unpaired) electrons. The molecule has 0 aliphatic heterocycles. The van der Waals surface area contributed by atoms with E-state index in [1.165, 1.54) is 0 Å². The second-order valence-electron chi connectivity index (χ2n) is 4.61. The molecule has 0 saturated carbocycles. The van der Waals surface area contributed by atoms with E-state index in [2.05, 4.69) is 15.9 Å². The summed E-state index contributed by atoms with van der Waals surface area (Å²) in [7, 11) is 3.69. The number of aromatic nitrogens is 1. The van der Waals surface area contributed by atoms with Crippen molar-refractivity contribution in [2.24, 2.45) is 7.05 Å². The Balaban J connectivity index is 2.16. The van der Waals surface area contributed by atoms with Gasteiger partial charge in [0.25, 0.3) is 5.91 Å². The van der Waals surface area contributed by atoms with Gasteiger partial charge < -0.3 is 9.47 Å². The van der Waals surface area contributed by atoms with Crippen LogP contribution in [0.25, 0.3) is 0 Å². The Labute approximate surface area is 126 Å². The number of rotatable bonds is 3. The molecule has 0 atom stereocenters. The van der Waals surface area contributed by atoms with E-state index in [-0.39, 0.29) is 5.91 Å². The number of nitrogens with zero attached hydrogens (tertiary/aromatic N) is 3. The zero-order valence-corrected chi connectivity index (χ0v) is 12.9. The Morgan fingerprint density at radius 3 is 2.80 bits per heavy atom. The number of aryl methyl sites for hydroxylation is 1. The second-order valence-corrected chi connectivity index (χ2v) is 5.53. The molecule has 1 amide bonds. The third kappa shape index (κ3) is 3.09. The Bertz CT molecular complexity index is 685. The van der Waals surface area contributed by atoms with Crippen molar-refractivity contribution in [3.8, 4) is 6.07 Å². The largest absolute Gasteiger partial charge is 0.352 e. The summed E-state index contributed by atoms with van der Waals surface area (Å²) in [6.07, 6.45) is 1.95. The Morgan fingerprint density at radius 2 is 2.20 bits per heavy atom. The lowest BCUT2D eigenvalue weighted by Gasteiger charge is -2.17. The molecule has 102 valence electrons. The summed E-state index contributed by atoms with van der Waals surface area (Å²) >= 11 is 3.41. The van der Waals surface area contributed by atoms with Crippen molar-refractivity contribution in [1.82, 2.24) is 9.47 Å². The predicted molar refractivity (Wildman–Crippen MR) is 80.1 cm³/mol. The van der Waals surface area contributed by atoms with Crippen molar-refractivity contribution >= 4 is 21.8 Å². The van der Waals surface area contributed by atoms with Crippen molar-refractivity contribution in [3.05, 3.63) is 57.8 Å². The van der Waals surface area contributed by atoms with Crippen molar-refractivity contribution < 1.29 is 4.79 Å². The maximum atomic E-state index is 12.3. The number of hydrogen-bond donors (Lipinski definition) is 0. The number of halogens is 1. The highest BCUT2D eigenvalue weighted by atomic mass is 79.9. The first-order valence-electron chi connectivity index (χ1n) is 6.07. The number of nitriles is 1. The zero-order chi connectivity index (χ0) is 14.7. The Kier molecular flexibility index (Phi) is 4.26. The smallest absolute Gasteiger partial charge is 0.253 e. The van der Waals surface area contributed by atoms with E-state index < -0.39 is 0 Å². The fourth-order valence-corrected chi connectivity index (χ4v) is 2.55. The van der Waals surface area contributed by atoms with Crippen molar-refractivity contribution in [3.63, 3.8) is 0 Å². The number of hydrogen-bond acceptors (Lipinski definition) is 2. The van der Waals surface area contributed by atoms with Gasteiger partial charge in [0.1, 0.15) is 0 Å². The lowest BCUT2D eigenvalue weighted by atomic mass is 10.1. The van der Waals surface area contributed by atoms with Crippen molar-refractivity contribution in [2.75, 3.05) is 7.05 Å².